The number of benzene rings is 1. The van der Waals surface area contributed by atoms with Crippen LogP contribution < -0.4 is 0 Å². The van der Waals surface area contributed by atoms with Gasteiger partial charge in [-0.05, 0) is 45.2 Å². The zero-order valence-corrected chi connectivity index (χ0v) is 14.6. The Morgan fingerprint density at radius 1 is 1.00 bits per heavy atom. The molecular weight excluding hydrogens is 294 g/mol. The van der Waals surface area contributed by atoms with Crippen LogP contribution in [0.5, 0.6) is 0 Å². The zero-order valence-electron chi connectivity index (χ0n) is 14.6. The van der Waals surface area contributed by atoms with Crippen LogP contribution in [0.15, 0.2) is 36.7 Å². The van der Waals surface area contributed by atoms with Crippen LogP contribution in [0.2, 0.25) is 0 Å². The second kappa shape index (κ2) is 7.02. The average Bonchev–Trinajstić information content (AvgIpc) is 3.17. The fraction of sp³-hybridized carbons (Fsp3) is 0.524. The van der Waals surface area contributed by atoms with Gasteiger partial charge in [-0.2, -0.15) is 0 Å². The molecule has 1 aromatic heterocycles. The summed E-state index contributed by atoms with van der Waals surface area (Å²) in [4.78, 5) is 12.2. The third-order valence-electron chi connectivity index (χ3n) is 5.70. The van der Waals surface area contributed by atoms with Crippen molar-refractivity contribution in [3.05, 3.63) is 47.9 Å². The van der Waals surface area contributed by atoms with E-state index in [1.54, 1.807) is 0 Å². The zero-order chi connectivity index (χ0) is 16.4. The molecule has 0 N–H and O–H groups in total. The van der Waals surface area contributed by atoms with Crippen LogP contribution in [0.4, 0.5) is 0 Å². The normalized spacial score (nSPS) is 22.8. The number of piperidine rings is 1. The smallest absolute Gasteiger partial charge is 0.0920 e. The Bertz CT molecular complexity index is 691. The molecule has 0 radical (unpaired) electrons. The Labute approximate surface area is 145 Å². The molecule has 126 valence electrons. The molecule has 1 atom stereocenters. The summed E-state index contributed by atoms with van der Waals surface area (Å²) in [5, 5.41) is 0. The van der Waals surface area contributed by atoms with Crippen LogP contribution in [0.1, 0.15) is 55.7 Å². The number of hydrogen-bond donors (Lipinski definition) is 0. The highest BCUT2D eigenvalue weighted by Crippen LogP contribution is 2.34. The minimum absolute atomic E-state index is 0.517. The quantitative estimate of drug-likeness (QED) is 0.829. The number of rotatable bonds is 3. The lowest BCUT2D eigenvalue weighted by molar-refractivity contribution is 0.149. The number of hydrogen-bond acceptors (Lipinski definition) is 3. The van der Waals surface area contributed by atoms with E-state index in [-0.39, 0.29) is 0 Å². The lowest BCUT2D eigenvalue weighted by atomic mass is 9.90. The predicted octanol–water partition coefficient (Wildman–Crippen LogP) is 4.57. The first-order chi connectivity index (χ1) is 11.8. The molecule has 2 aromatic rings. The van der Waals surface area contributed by atoms with E-state index in [0.717, 1.165) is 18.3 Å². The number of aryl methyl sites for hydroxylation is 1. The van der Waals surface area contributed by atoms with Crippen LogP contribution in [0, 0.1) is 6.92 Å². The summed E-state index contributed by atoms with van der Waals surface area (Å²) >= 11 is 0. The number of aromatic nitrogens is 2. The van der Waals surface area contributed by atoms with Gasteiger partial charge in [-0.1, -0.05) is 36.6 Å². The maximum atomic E-state index is 4.78. The van der Waals surface area contributed by atoms with Gasteiger partial charge in [0, 0.05) is 36.5 Å². The number of likely N-dealkylation sites (tertiary alicyclic amines) is 1. The Morgan fingerprint density at radius 3 is 2.67 bits per heavy atom. The van der Waals surface area contributed by atoms with Gasteiger partial charge in [-0.25, -0.2) is 0 Å². The first-order valence-corrected chi connectivity index (χ1v) is 9.43. The molecule has 2 fully saturated rings. The second-order valence-electron chi connectivity index (χ2n) is 7.43. The van der Waals surface area contributed by atoms with E-state index in [1.807, 2.05) is 12.4 Å². The molecule has 2 aliphatic rings. The molecule has 1 aromatic carbocycles. The minimum atomic E-state index is 0.517. The summed E-state index contributed by atoms with van der Waals surface area (Å²) in [5.41, 5.74) is 4.77. The lowest BCUT2D eigenvalue weighted by Gasteiger charge is -2.37. The van der Waals surface area contributed by atoms with Crippen molar-refractivity contribution in [2.24, 2.45) is 0 Å². The number of nitrogens with zero attached hydrogens (tertiary/aromatic N) is 3. The summed E-state index contributed by atoms with van der Waals surface area (Å²) in [6.07, 6.45) is 11.8. The van der Waals surface area contributed by atoms with Crippen LogP contribution >= 0.6 is 0 Å². The molecule has 2 heterocycles. The Balaban J connectivity index is 1.61. The van der Waals surface area contributed by atoms with Gasteiger partial charge in [0.05, 0.1) is 11.4 Å². The molecule has 1 aliphatic heterocycles. The van der Waals surface area contributed by atoms with Crippen molar-refractivity contribution in [3.63, 3.8) is 0 Å². The van der Waals surface area contributed by atoms with Crippen molar-refractivity contribution >= 4 is 0 Å². The summed E-state index contributed by atoms with van der Waals surface area (Å²) in [7, 11) is 0. The molecule has 24 heavy (non-hydrogen) atoms. The molecule has 1 saturated heterocycles. The molecule has 0 amide bonds. The predicted molar refractivity (Wildman–Crippen MR) is 98.0 cm³/mol. The van der Waals surface area contributed by atoms with E-state index >= 15 is 0 Å². The maximum absolute atomic E-state index is 4.78. The van der Waals surface area contributed by atoms with E-state index in [4.69, 9.17) is 9.97 Å². The SMILES string of the molecule is Cc1cccc(-c2nccnc2C2CCCN(C3CCCC3)C2)c1. The third kappa shape index (κ3) is 3.23. The molecule has 3 nitrogen and oxygen atoms in total. The summed E-state index contributed by atoms with van der Waals surface area (Å²) in [5.74, 6) is 0.517. The topological polar surface area (TPSA) is 29.0 Å². The molecule has 1 aliphatic carbocycles. The van der Waals surface area contributed by atoms with Crippen molar-refractivity contribution in [3.8, 4) is 11.3 Å². The van der Waals surface area contributed by atoms with Crippen molar-refractivity contribution in [2.45, 2.75) is 57.4 Å². The summed E-state index contributed by atoms with van der Waals surface area (Å²) in [6, 6.07) is 9.46. The van der Waals surface area contributed by atoms with Crippen LogP contribution in [-0.2, 0) is 0 Å². The summed E-state index contributed by atoms with van der Waals surface area (Å²) in [6.45, 7) is 4.56. The van der Waals surface area contributed by atoms with E-state index in [9.17, 15) is 0 Å². The Hall–Kier alpha value is -1.74. The third-order valence-corrected chi connectivity index (χ3v) is 5.70. The van der Waals surface area contributed by atoms with Crippen LogP contribution in [-0.4, -0.2) is 34.0 Å². The lowest BCUT2D eigenvalue weighted by Crippen LogP contribution is -2.41. The van der Waals surface area contributed by atoms with Crippen molar-refractivity contribution in [1.29, 1.82) is 0 Å². The van der Waals surface area contributed by atoms with Gasteiger partial charge in [0.1, 0.15) is 0 Å². The average molecular weight is 321 g/mol. The molecule has 0 spiro atoms. The monoisotopic (exact) mass is 321 g/mol. The molecule has 0 bridgehead atoms. The fourth-order valence-corrected chi connectivity index (χ4v) is 4.49. The van der Waals surface area contributed by atoms with Crippen molar-refractivity contribution in [2.75, 3.05) is 13.1 Å². The van der Waals surface area contributed by atoms with E-state index < -0.39 is 0 Å². The fourth-order valence-electron chi connectivity index (χ4n) is 4.49. The van der Waals surface area contributed by atoms with Crippen LogP contribution in [0.25, 0.3) is 11.3 Å². The van der Waals surface area contributed by atoms with Gasteiger partial charge in [0.2, 0.25) is 0 Å². The van der Waals surface area contributed by atoms with Gasteiger partial charge < -0.3 is 0 Å². The summed E-state index contributed by atoms with van der Waals surface area (Å²) < 4.78 is 0. The first kappa shape index (κ1) is 15.8. The molecule has 3 heteroatoms. The van der Waals surface area contributed by atoms with Gasteiger partial charge in [-0.15, -0.1) is 0 Å². The van der Waals surface area contributed by atoms with Crippen molar-refractivity contribution < 1.29 is 0 Å². The van der Waals surface area contributed by atoms with Crippen LogP contribution in [0.3, 0.4) is 0 Å². The molecule has 1 unspecified atom stereocenters. The first-order valence-electron chi connectivity index (χ1n) is 9.43. The van der Waals surface area contributed by atoms with Gasteiger partial charge >= 0.3 is 0 Å². The van der Waals surface area contributed by atoms with E-state index in [1.165, 1.54) is 61.9 Å². The maximum Gasteiger partial charge on any atom is 0.0920 e. The molecular formula is C21H27N3. The molecule has 1 saturated carbocycles. The van der Waals surface area contributed by atoms with Crippen molar-refractivity contribution in [1.82, 2.24) is 14.9 Å². The molecule has 4 rings (SSSR count). The largest absolute Gasteiger partial charge is 0.300 e. The van der Waals surface area contributed by atoms with E-state index in [2.05, 4.69) is 36.1 Å². The van der Waals surface area contributed by atoms with Gasteiger partial charge in [0.15, 0.2) is 0 Å². The highest BCUT2D eigenvalue weighted by atomic mass is 15.2. The standard InChI is InChI=1S/C21H27N3/c1-16-6-4-7-17(14-16)20-21(23-12-11-22-20)18-8-5-13-24(15-18)19-9-2-3-10-19/h4,6-7,11-12,14,18-19H,2-3,5,8-10,13,15H2,1H3. The van der Waals surface area contributed by atoms with E-state index in [0.29, 0.717) is 5.92 Å². The highest BCUT2D eigenvalue weighted by molar-refractivity contribution is 5.63. The Morgan fingerprint density at radius 2 is 1.83 bits per heavy atom. The highest BCUT2D eigenvalue weighted by Gasteiger charge is 2.30. The second-order valence-corrected chi connectivity index (χ2v) is 7.43. The van der Waals surface area contributed by atoms with Gasteiger partial charge in [0.25, 0.3) is 0 Å². The van der Waals surface area contributed by atoms with Gasteiger partial charge in [-0.3, -0.25) is 14.9 Å². The minimum Gasteiger partial charge on any atom is -0.300 e. The Kier molecular flexibility index (Phi) is 4.61.